The summed E-state index contributed by atoms with van der Waals surface area (Å²) < 4.78 is 2.65. The fraction of sp³-hybridized carbons (Fsp3) is 0.375. The van der Waals surface area contributed by atoms with E-state index in [-0.39, 0.29) is 23.5 Å². The summed E-state index contributed by atoms with van der Waals surface area (Å²) in [5.74, 6) is -0.666. The summed E-state index contributed by atoms with van der Waals surface area (Å²) in [5, 5.41) is 6.79. The lowest BCUT2D eigenvalue weighted by molar-refractivity contribution is -0.123. The topological polar surface area (TPSA) is 115 Å². The summed E-state index contributed by atoms with van der Waals surface area (Å²) >= 11 is 0. The van der Waals surface area contributed by atoms with Crippen LogP contribution >= 0.6 is 0 Å². The number of aromatic nitrogens is 3. The molecule has 0 bridgehead atoms. The highest BCUT2D eigenvalue weighted by atomic mass is 16.2. The summed E-state index contributed by atoms with van der Waals surface area (Å²) in [6, 6.07) is 6.53. The Balaban J connectivity index is 1.67. The second-order valence-corrected chi connectivity index (χ2v) is 6.10. The van der Waals surface area contributed by atoms with Crippen LogP contribution in [-0.4, -0.2) is 44.3 Å². The van der Waals surface area contributed by atoms with E-state index >= 15 is 0 Å². The van der Waals surface area contributed by atoms with Crippen LogP contribution in [0.2, 0.25) is 0 Å². The molecule has 1 fully saturated rings. The maximum absolute atomic E-state index is 12.3. The maximum Gasteiger partial charge on any atom is 0.350 e. The number of primary amides is 1. The van der Waals surface area contributed by atoms with Crippen molar-refractivity contribution in [2.75, 3.05) is 18.4 Å². The van der Waals surface area contributed by atoms with Crippen LogP contribution in [0.1, 0.15) is 12.8 Å². The number of amides is 3. The van der Waals surface area contributed by atoms with Crippen LogP contribution in [0.4, 0.5) is 10.5 Å². The lowest BCUT2D eigenvalue weighted by Crippen LogP contribution is -2.45. The van der Waals surface area contributed by atoms with E-state index in [1.165, 1.54) is 15.6 Å². The Morgan fingerprint density at radius 1 is 1.28 bits per heavy atom. The van der Waals surface area contributed by atoms with Crippen LogP contribution < -0.4 is 16.7 Å². The van der Waals surface area contributed by atoms with Crippen molar-refractivity contribution in [1.29, 1.82) is 0 Å². The van der Waals surface area contributed by atoms with Crippen LogP contribution in [0, 0.1) is 5.92 Å². The highest BCUT2D eigenvalue weighted by Crippen LogP contribution is 2.18. The van der Waals surface area contributed by atoms with Crippen molar-refractivity contribution >= 4 is 17.6 Å². The Bertz CT molecular complexity index is 838. The third-order valence-electron chi connectivity index (χ3n) is 4.30. The number of carbonyl (C=O) groups excluding carboxylic acids is 2. The number of urea groups is 1. The molecule has 3 N–H and O–H groups in total. The van der Waals surface area contributed by atoms with E-state index in [4.69, 9.17) is 5.73 Å². The molecule has 0 aliphatic carbocycles. The lowest BCUT2D eigenvalue weighted by Gasteiger charge is -2.31. The molecule has 9 heteroatoms. The van der Waals surface area contributed by atoms with Gasteiger partial charge in [-0.1, -0.05) is 0 Å². The zero-order valence-corrected chi connectivity index (χ0v) is 13.9. The third-order valence-corrected chi connectivity index (χ3v) is 4.30. The van der Waals surface area contributed by atoms with E-state index in [2.05, 4.69) is 10.4 Å². The Labute approximate surface area is 144 Å². The fourth-order valence-electron chi connectivity index (χ4n) is 2.84. The van der Waals surface area contributed by atoms with Gasteiger partial charge in [0.1, 0.15) is 6.33 Å². The summed E-state index contributed by atoms with van der Waals surface area (Å²) in [4.78, 5) is 37.1. The van der Waals surface area contributed by atoms with Crippen molar-refractivity contribution in [3.8, 4) is 5.69 Å². The summed E-state index contributed by atoms with van der Waals surface area (Å²) in [6.07, 6.45) is 2.90. The summed E-state index contributed by atoms with van der Waals surface area (Å²) in [6.45, 7) is 0.930. The first-order chi connectivity index (χ1) is 12.0. The molecular weight excluding hydrogens is 324 g/mol. The van der Waals surface area contributed by atoms with Crippen molar-refractivity contribution in [3.05, 3.63) is 41.1 Å². The van der Waals surface area contributed by atoms with Crippen LogP contribution in [0.25, 0.3) is 5.69 Å². The molecule has 2 aromatic rings. The normalized spacial score (nSPS) is 17.3. The molecule has 3 amide bonds. The number of hydrogen-bond donors (Lipinski definition) is 2. The molecule has 1 aromatic heterocycles. The molecular formula is C16H20N6O3. The first kappa shape index (κ1) is 16.7. The van der Waals surface area contributed by atoms with Crippen molar-refractivity contribution in [1.82, 2.24) is 19.2 Å². The number of nitrogens with zero attached hydrogens (tertiary/aromatic N) is 4. The molecule has 132 valence electrons. The van der Waals surface area contributed by atoms with Gasteiger partial charge in [-0.15, -0.1) is 0 Å². The number of hydrogen-bond acceptors (Lipinski definition) is 4. The molecule has 0 saturated carbocycles. The van der Waals surface area contributed by atoms with Crippen molar-refractivity contribution in [2.24, 2.45) is 18.7 Å². The molecule has 0 spiro atoms. The zero-order chi connectivity index (χ0) is 18.0. The smallest absolute Gasteiger partial charge is 0.350 e. The number of nitrogens with one attached hydrogen (secondary N) is 1. The molecule has 2 heterocycles. The number of piperidine rings is 1. The Kier molecular flexibility index (Phi) is 4.55. The van der Waals surface area contributed by atoms with Gasteiger partial charge in [0.25, 0.3) is 0 Å². The number of carbonyl (C=O) groups is 2. The van der Waals surface area contributed by atoms with Crippen LogP contribution in [-0.2, 0) is 11.8 Å². The van der Waals surface area contributed by atoms with E-state index in [0.717, 1.165) is 6.42 Å². The number of likely N-dealkylation sites (tertiary alicyclic amines) is 1. The average molecular weight is 344 g/mol. The predicted molar refractivity (Wildman–Crippen MR) is 91.3 cm³/mol. The van der Waals surface area contributed by atoms with Crippen LogP contribution in [0.5, 0.6) is 0 Å². The van der Waals surface area contributed by atoms with Crippen molar-refractivity contribution in [3.63, 3.8) is 0 Å². The van der Waals surface area contributed by atoms with Crippen LogP contribution in [0.15, 0.2) is 35.4 Å². The molecule has 1 aliphatic rings. The van der Waals surface area contributed by atoms with Gasteiger partial charge in [-0.05, 0) is 37.1 Å². The molecule has 1 aliphatic heterocycles. The molecule has 1 saturated heterocycles. The maximum atomic E-state index is 12.3. The van der Waals surface area contributed by atoms with E-state index in [0.29, 0.717) is 30.9 Å². The minimum atomic E-state index is -0.373. The van der Waals surface area contributed by atoms with Gasteiger partial charge in [0.15, 0.2) is 0 Å². The van der Waals surface area contributed by atoms with Gasteiger partial charge in [0.2, 0.25) is 5.91 Å². The number of anilines is 1. The van der Waals surface area contributed by atoms with Gasteiger partial charge in [-0.25, -0.2) is 9.59 Å². The standard InChI is InChI=1S/C16H20N6O3/c1-20-10-18-22(16(20)25)13-6-4-12(5-7-13)19-15(24)21-8-2-3-11(9-21)14(17)23/h4-7,10-11H,2-3,8-9H2,1H3,(H2,17,23)(H,19,24). The SMILES string of the molecule is Cn1cnn(-c2ccc(NC(=O)N3CCCC(C(N)=O)C3)cc2)c1=O. The Morgan fingerprint density at radius 2 is 2.00 bits per heavy atom. The predicted octanol–water partition coefficient (Wildman–Crippen LogP) is 0.300. The Morgan fingerprint density at radius 3 is 2.60 bits per heavy atom. The molecule has 3 rings (SSSR count). The largest absolute Gasteiger partial charge is 0.369 e. The molecule has 0 radical (unpaired) electrons. The fourth-order valence-corrected chi connectivity index (χ4v) is 2.84. The zero-order valence-electron chi connectivity index (χ0n) is 13.9. The van der Waals surface area contributed by atoms with Gasteiger partial charge in [0, 0.05) is 25.8 Å². The summed E-state index contributed by atoms with van der Waals surface area (Å²) in [7, 11) is 1.62. The van der Waals surface area contributed by atoms with E-state index in [1.807, 2.05) is 0 Å². The number of aryl methyl sites for hydroxylation is 1. The van der Waals surface area contributed by atoms with Gasteiger partial charge < -0.3 is 16.0 Å². The Hall–Kier alpha value is -3.10. The average Bonchev–Trinajstić information content (AvgIpc) is 2.95. The van der Waals surface area contributed by atoms with Crippen LogP contribution in [0.3, 0.4) is 0 Å². The number of nitrogens with two attached hydrogens (primary N) is 1. The quantitative estimate of drug-likeness (QED) is 0.833. The molecule has 1 aromatic carbocycles. The highest BCUT2D eigenvalue weighted by Gasteiger charge is 2.26. The van der Waals surface area contributed by atoms with Gasteiger partial charge in [-0.2, -0.15) is 9.78 Å². The minimum Gasteiger partial charge on any atom is -0.369 e. The minimum absolute atomic E-state index is 0.248. The molecule has 1 atom stereocenters. The second-order valence-electron chi connectivity index (χ2n) is 6.10. The molecule has 9 nitrogen and oxygen atoms in total. The first-order valence-electron chi connectivity index (χ1n) is 8.02. The van der Waals surface area contributed by atoms with E-state index < -0.39 is 0 Å². The lowest BCUT2D eigenvalue weighted by atomic mass is 9.98. The van der Waals surface area contributed by atoms with E-state index in [9.17, 15) is 14.4 Å². The monoisotopic (exact) mass is 344 g/mol. The van der Waals surface area contributed by atoms with Gasteiger partial charge in [-0.3, -0.25) is 9.36 Å². The van der Waals surface area contributed by atoms with E-state index in [1.54, 1.807) is 36.2 Å². The van der Waals surface area contributed by atoms with Crippen molar-refractivity contribution < 1.29 is 9.59 Å². The summed E-state index contributed by atoms with van der Waals surface area (Å²) in [5.41, 5.74) is 6.29. The highest BCUT2D eigenvalue weighted by molar-refractivity contribution is 5.90. The first-order valence-corrected chi connectivity index (χ1v) is 8.02. The third kappa shape index (κ3) is 3.54. The van der Waals surface area contributed by atoms with Crippen molar-refractivity contribution in [2.45, 2.75) is 12.8 Å². The van der Waals surface area contributed by atoms with Gasteiger partial charge >= 0.3 is 11.7 Å². The van der Waals surface area contributed by atoms with Gasteiger partial charge in [0.05, 0.1) is 11.6 Å². The second kappa shape index (κ2) is 6.80. The molecule has 1 unspecified atom stereocenters. The molecule has 25 heavy (non-hydrogen) atoms. The number of rotatable bonds is 3. The number of benzene rings is 1.